The summed E-state index contributed by atoms with van der Waals surface area (Å²) in [6.45, 7) is 7.79. The van der Waals surface area contributed by atoms with Crippen LogP contribution in [0.3, 0.4) is 0 Å². The molecular formula is C100H170O44. The molecule has 8 heterocycles. The molecule has 8 aliphatic carbocycles. The number of rotatable bonds is 37. The summed E-state index contributed by atoms with van der Waals surface area (Å²) in [5, 5.41) is 295. The summed E-state index contributed by atoms with van der Waals surface area (Å²) in [7, 11) is 1.38. The van der Waals surface area contributed by atoms with Gasteiger partial charge in [0.05, 0.1) is 78.3 Å². The Morgan fingerprint density at radius 1 is 0.271 bits per heavy atom. The molecule has 0 aromatic carbocycles. The first-order valence-electron chi connectivity index (χ1n) is 53.3. The van der Waals surface area contributed by atoms with E-state index in [0.717, 1.165) is 109 Å². The lowest BCUT2D eigenvalue weighted by Crippen LogP contribution is -2.65. The second kappa shape index (κ2) is 47.7. The van der Waals surface area contributed by atoms with Crippen molar-refractivity contribution < 1.29 is 218 Å². The minimum Gasteiger partial charge on any atom is -0.394 e. The molecule has 834 valence electrons. The molecule has 8 aliphatic heterocycles. The van der Waals surface area contributed by atoms with Crippen molar-refractivity contribution in [1.82, 2.24) is 0 Å². The number of aliphatic hydroxyl groups is 27. The van der Waals surface area contributed by atoms with Gasteiger partial charge in [0, 0.05) is 12.5 Å². The third-order valence-corrected chi connectivity index (χ3v) is 39.3. The van der Waals surface area contributed by atoms with Crippen LogP contribution in [0, 0.1) is 98.1 Å². The fourth-order valence-corrected chi connectivity index (χ4v) is 30.9. The number of aliphatic hydroxyl groups excluding tert-OH is 27. The molecule has 8 saturated carbocycles. The molecule has 8 saturated heterocycles. The van der Waals surface area contributed by atoms with Crippen LogP contribution in [0.25, 0.3) is 0 Å². The summed E-state index contributed by atoms with van der Waals surface area (Å²) in [5.41, 5.74) is -1.30. The SMILES string of the molecule is CO[C@H]1C(O)[C@H](O[C@H]2OC(CO)[C@@H](O)C(O)[C@@H]2O)C(CO)O[C@H]1OC1CCC2(C)C(CCC3C2CCC2(C)C(C(C)CCCC(CCCC(C)C4CCC5C6CCC7CC(O[C@H]8OC(CO)[C@H](O[C@@H]9OC(CO)[C@H](O)C(O)[C@H]9O)C(O)[C@H]8O)CCC7(C)C6CCC45C)(CO[C@H]4OC(CO)[C@H](O[C@@H]5OC(CO)[C@H](O)C(O)[C@H]5O)C(O)[C@H]4O)CO[C@@H]4OC(CO)[C@@H](O[C@H]5OC(CO)[C@@H](O)C(O)[C@@H]5O)C(O)[C@@H]4O)CCC32)C1. The Hall–Kier alpha value is -1.76. The molecular weight excluding hydrogens is 1910 g/mol. The molecule has 35 unspecified atom stereocenters. The Bertz CT molecular complexity index is 3880. The average Bonchev–Trinajstić information content (AvgIpc) is 1.53. The van der Waals surface area contributed by atoms with E-state index in [1.54, 1.807) is 0 Å². The summed E-state index contributed by atoms with van der Waals surface area (Å²) >= 11 is 0. The monoisotopic (exact) mass is 2080 g/mol. The second-order valence-electron chi connectivity index (χ2n) is 46.9. The number of ether oxygens (including phenoxy) is 17. The predicted octanol–water partition coefficient (Wildman–Crippen LogP) is -5.14. The maximum Gasteiger partial charge on any atom is 0.187 e. The van der Waals surface area contributed by atoms with Crippen molar-refractivity contribution in [2.75, 3.05) is 73.2 Å². The number of hydrogen-bond acceptors (Lipinski definition) is 44. The lowest BCUT2D eigenvalue weighted by molar-refractivity contribution is -0.366. The van der Waals surface area contributed by atoms with E-state index in [-0.39, 0.29) is 64.8 Å². The third-order valence-electron chi connectivity index (χ3n) is 39.3. The Kier molecular flexibility index (Phi) is 38.0. The maximum atomic E-state index is 12.3. The standard InChI is InChI=1S/C100H170O44/c1-42(50-16-18-52-48-14-12-44-30-46(20-26-96(44,3)54(48)22-28-98(50,52)5)131-90-81(126)74(119)85(62(38-107)139-90)143-93-77(122)70(115)66(111)58(34-103)135-93)10-8-24-100(40-129-88-79(124)72(117)83(60(36-105)137-88)141-91-75(120)68(113)64(109)56(32-101)133-91,41-130-89-80(125)73(118)84(61(37-106)138-89)142-92-76(121)69(114)65(110)57(33-102)134-92)25-9-11-43(2)51-17-19-53-49-15-13-45-31-47(21-27-97(45,4)55(49)23-29-99(51,53)6)132-95-87(128-7)82(127)86(63(39-108)140-95)144-94-78(123)71(116)67(112)59(35-104)136-94/h42-95,101-127H,8-41H2,1-7H3/t42?,43?,44?,45?,46?,47?,48?,49?,50?,51?,52?,53?,54?,55?,56?,57?,58?,59?,60?,61?,62?,63?,64-,65+,66-,67+,68?,69?,70?,71?,72?,73?,74?,75+,76-,77+,78-,79+,80-,81+,82?,83-,84+,85-,86+,87-,88-,89+,90-,91-,92+,93-,94+,95+,96?,97?,98?,99?,100?/m0/s1. The molecule has 59 atom stereocenters. The van der Waals surface area contributed by atoms with Crippen molar-refractivity contribution in [3.8, 4) is 0 Å². The molecule has 0 amide bonds. The van der Waals surface area contributed by atoms with Crippen molar-refractivity contribution in [3.63, 3.8) is 0 Å². The van der Waals surface area contributed by atoms with E-state index in [9.17, 15) is 138 Å². The van der Waals surface area contributed by atoms with Gasteiger partial charge in [0.25, 0.3) is 0 Å². The molecule has 0 bridgehead atoms. The van der Waals surface area contributed by atoms with E-state index in [1.807, 2.05) is 0 Å². The molecule has 44 nitrogen and oxygen atoms in total. The van der Waals surface area contributed by atoms with E-state index in [1.165, 1.54) is 7.11 Å². The second-order valence-corrected chi connectivity index (χ2v) is 46.9. The zero-order valence-corrected chi connectivity index (χ0v) is 83.7. The smallest absolute Gasteiger partial charge is 0.187 e. The summed E-state index contributed by atoms with van der Waals surface area (Å²) in [4.78, 5) is 0. The number of fused-ring (bicyclic) bond motifs is 10. The largest absolute Gasteiger partial charge is 0.394 e. The van der Waals surface area contributed by atoms with Gasteiger partial charge in [-0.2, -0.15) is 0 Å². The molecule has 0 aromatic rings. The Morgan fingerprint density at radius 2 is 0.542 bits per heavy atom. The van der Waals surface area contributed by atoms with Crippen LogP contribution in [0.1, 0.15) is 196 Å². The van der Waals surface area contributed by atoms with Crippen LogP contribution < -0.4 is 0 Å². The van der Waals surface area contributed by atoms with Gasteiger partial charge in [0.1, 0.15) is 195 Å². The molecule has 144 heavy (non-hydrogen) atoms. The number of methoxy groups -OCH3 is 1. The van der Waals surface area contributed by atoms with Gasteiger partial charge < -0.3 is 218 Å². The van der Waals surface area contributed by atoms with Gasteiger partial charge in [-0.1, -0.05) is 67.2 Å². The van der Waals surface area contributed by atoms with Crippen LogP contribution in [0.5, 0.6) is 0 Å². The van der Waals surface area contributed by atoms with E-state index in [2.05, 4.69) is 41.5 Å². The molecule has 16 aliphatic rings. The Morgan fingerprint density at radius 3 is 0.868 bits per heavy atom. The molecule has 0 radical (unpaired) electrons. The zero-order valence-electron chi connectivity index (χ0n) is 83.7. The Labute approximate surface area is 839 Å². The topological polar surface area (TPSA) is 703 Å². The summed E-state index contributed by atoms with van der Waals surface area (Å²) in [6, 6.07) is 0. The van der Waals surface area contributed by atoms with Gasteiger partial charge in [0.2, 0.25) is 0 Å². The fraction of sp³-hybridized carbons (Fsp3) is 1.00. The highest BCUT2D eigenvalue weighted by atomic mass is 16.8. The van der Waals surface area contributed by atoms with Crippen LogP contribution >= 0.6 is 0 Å². The minimum atomic E-state index is -1.95. The summed E-state index contributed by atoms with van der Waals surface area (Å²) in [5.74, 6) is 4.03. The molecule has 44 heteroatoms. The molecule has 0 aromatic heterocycles. The first-order chi connectivity index (χ1) is 68.6. The quantitative estimate of drug-likeness (QED) is 0.0259. The van der Waals surface area contributed by atoms with Crippen LogP contribution in [0.4, 0.5) is 0 Å². The lowest BCUT2D eigenvalue weighted by Gasteiger charge is -2.61. The van der Waals surface area contributed by atoms with Gasteiger partial charge in [-0.25, -0.2) is 0 Å². The fourth-order valence-electron chi connectivity index (χ4n) is 30.9. The van der Waals surface area contributed by atoms with Gasteiger partial charge in [0.15, 0.2) is 50.3 Å². The number of hydrogen-bond donors (Lipinski definition) is 27. The predicted molar refractivity (Wildman–Crippen MR) is 491 cm³/mol. The van der Waals surface area contributed by atoms with E-state index < -0.39 is 304 Å². The summed E-state index contributed by atoms with van der Waals surface area (Å²) < 4.78 is 104. The van der Waals surface area contributed by atoms with Gasteiger partial charge in [-0.05, 0) is 221 Å². The average molecular weight is 2080 g/mol. The molecule has 27 N–H and O–H groups in total. The lowest BCUT2D eigenvalue weighted by atomic mass is 9.44. The summed E-state index contributed by atoms with van der Waals surface area (Å²) in [6.07, 6.45) is -46.4. The van der Waals surface area contributed by atoms with Crippen molar-refractivity contribution in [3.05, 3.63) is 0 Å². The van der Waals surface area contributed by atoms with Crippen LogP contribution in [0.15, 0.2) is 0 Å². The van der Waals surface area contributed by atoms with Crippen molar-refractivity contribution in [2.24, 2.45) is 98.1 Å². The molecule has 16 fully saturated rings. The van der Waals surface area contributed by atoms with Crippen molar-refractivity contribution in [1.29, 1.82) is 0 Å². The third kappa shape index (κ3) is 22.2. The van der Waals surface area contributed by atoms with Crippen LogP contribution in [-0.4, -0.2) is 469 Å². The highest BCUT2D eigenvalue weighted by Gasteiger charge is 2.66. The van der Waals surface area contributed by atoms with Crippen molar-refractivity contribution >= 4 is 0 Å². The Balaban J connectivity index is 0.612. The first kappa shape index (κ1) is 115. The first-order valence-corrected chi connectivity index (χ1v) is 53.3. The van der Waals surface area contributed by atoms with Gasteiger partial charge in [-0.3, -0.25) is 0 Å². The highest BCUT2D eigenvalue weighted by Crippen LogP contribution is 2.71. The van der Waals surface area contributed by atoms with E-state index in [0.29, 0.717) is 98.2 Å². The minimum absolute atomic E-state index is 0.0252. The zero-order chi connectivity index (χ0) is 104. The van der Waals surface area contributed by atoms with E-state index >= 15 is 0 Å². The van der Waals surface area contributed by atoms with Gasteiger partial charge >= 0.3 is 0 Å². The van der Waals surface area contributed by atoms with Crippen LogP contribution in [0.2, 0.25) is 0 Å². The normalized spacial score (nSPS) is 52.9. The van der Waals surface area contributed by atoms with Gasteiger partial charge in [-0.15, -0.1) is 0 Å². The highest BCUT2D eigenvalue weighted by molar-refractivity contribution is 5.14. The van der Waals surface area contributed by atoms with Crippen LogP contribution in [-0.2, 0) is 80.5 Å². The van der Waals surface area contributed by atoms with Crippen molar-refractivity contribution in [2.45, 2.75) is 453 Å². The maximum absolute atomic E-state index is 12.3. The molecule has 16 rings (SSSR count). The van der Waals surface area contributed by atoms with E-state index in [4.69, 9.17) is 80.5 Å². The molecule has 0 spiro atoms.